The van der Waals surface area contributed by atoms with Gasteiger partial charge in [0.1, 0.15) is 5.82 Å². The lowest BCUT2D eigenvalue weighted by Gasteiger charge is -2.05. The van der Waals surface area contributed by atoms with Crippen molar-refractivity contribution < 1.29 is 12.8 Å². The Bertz CT molecular complexity index is 757. The summed E-state index contributed by atoms with van der Waals surface area (Å²) in [7, 11) is -3.76. The van der Waals surface area contributed by atoms with E-state index >= 15 is 0 Å². The summed E-state index contributed by atoms with van der Waals surface area (Å²) >= 11 is 5.71. The minimum absolute atomic E-state index is 0.0579. The van der Waals surface area contributed by atoms with E-state index in [1.54, 1.807) is 6.92 Å². The number of halogens is 2. The fourth-order valence-electron chi connectivity index (χ4n) is 1.55. The molecule has 0 fully saturated rings. The zero-order valence-corrected chi connectivity index (χ0v) is 12.6. The van der Waals surface area contributed by atoms with Gasteiger partial charge in [0.2, 0.25) is 0 Å². The topological polar surface area (TPSA) is 58.5 Å². The van der Waals surface area contributed by atoms with Crippen molar-refractivity contribution in [2.24, 2.45) is 5.10 Å². The van der Waals surface area contributed by atoms with Gasteiger partial charge in [0.05, 0.1) is 10.6 Å². The Balaban J connectivity index is 2.18. The van der Waals surface area contributed by atoms with Gasteiger partial charge in [0.25, 0.3) is 10.0 Å². The first-order chi connectivity index (χ1) is 9.88. The van der Waals surface area contributed by atoms with Crippen molar-refractivity contribution in [3.05, 3.63) is 64.9 Å². The van der Waals surface area contributed by atoms with Crippen molar-refractivity contribution in [2.45, 2.75) is 11.8 Å². The second-order valence-corrected chi connectivity index (χ2v) is 6.35. The summed E-state index contributed by atoms with van der Waals surface area (Å²) < 4.78 is 36.8. The van der Waals surface area contributed by atoms with E-state index in [-0.39, 0.29) is 10.7 Å². The van der Waals surface area contributed by atoms with E-state index in [9.17, 15) is 12.8 Å². The van der Waals surface area contributed by atoms with Crippen molar-refractivity contribution in [1.82, 2.24) is 4.83 Å². The molecule has 0 atom stereocenters. The summed E-state index contributed by atoms with van der Waals surface area (Å²) in [6.07, 6.45) is 0. The number of rotatable bonds is 4. The molecule has 0 aliphatic heterocycles. The Morgan fingerprint density at radius 3 is 2.24 bits per heavy atom. The standard InChI is InChI=1S/C14H12ClFN2O2S/c1-10(11-2-6-13(16)7-3-11)17-18-21(19,20)14-8-4-12(15)5-9-14/h2-9,18H,1H3/b17-10+. The van der Waals surface area contributed by atoms with Gasteiger partial charge in [0, 0.05) is 5.02 Å². The first-order valence-electron chi connectivity index (χ1n) is 5.96. The third-order valence-electron chi connectivity index (χ3n) is 2.72. The lowest BCUT2D eigenvalue weighted by molar-refractivity contribution is 0.584. The molecule has 0 spiro atoms. The quantitative estimate of drug-likeness (QED) is 0.693. The first-order valence-corrected chi connectivity index (χ1v) is 7.82. The van der Waals surface area contributed by atoms with Crippen LogP contribution in [0.25, 0.3) is 0 Å². The van der Waals surface area contributed by atoms with Gasteiger partial charge in [-0.25, -0.2) is 4.39 Å². The monoisotopic (exact) mass is 326 g/mol. The van der Waals surface area contributed by atoms with Crippen LogP contribution >= 0.6 is 11.6 Å². The number of hydrogen-bond acceptors (Lipinski definition) is 3. The van der Waals surface area contributed by atoms with Gasteiger partial charge >= 0.3 is 0 Å². The van der Waals surface area contributed by atoms with Gasteiger partial charge < -0.3 is 0 Å². The van der Waals surface area contributed by atoms with E-state index in [0.717, 1.165) is 0 Å². The number of sulfonamides is 1. The van der Waals surface area contributed by atoms with Crippen LogP contribution in [0.2, 0.25) is 5.02 Å². The lowest BCUT2D eigenvalue weighted by atomic mass is 10.1. The van der Waals surface area contributed by atoms with E-state index < -0.39 is 10.0 Å². The SMILES string of the molecule is C/C(=N\NS(=O)(=O)c1ccc(Cl)cc1)c1ccc(F)cc1. The van der Waals surface area contributed by atoms with Crippen LogP contribution in [0.5, 0.6) is 0 Å². The normalized spacial score (nSPS) is 12.2. The molecule has 0 saturated heterocycles. The summed E-state index contributed by atoms with van der Waals surface area (Å²) in [6, 6.07) is 11.3. The molecule has 0 unspecified atom stereocenters. The molecule has 2 aromatic rings. The summed E-state index contributed by atoms with van der Waals surface area (Å²) in [6.45, 7) is 1.62. The molecule has 0 aliphatic carbocycles. The summed E-state index contributed by atoms with van der Waals surface area (Å²) in [4.78, 5) is 2.19. The molecule has 0 radical (unpaired) electrons. The molecule has 110 valence electrons. The van der Waals surface area contributed by atoms with Crippen LogP contribution in [0.3, 0.4) is 0 Å². The number of nitrogens with one attached hydrogen (secondary N) is 1. The highest BCUT2D eigenvalue weighted by Crippen LogP contribution is 2.14. The fraction of sp³-hybridized carbons (Fsp3) is 0.0714. The van der Waals surface area contributed by atoms with E-state index in [2.05, 4.69) is 9.93 Å². The predicted molar refractivity (Wildman–Crippen MR) is 80.4 cm³/mol. The second-order valence-electron chi connectivity index (χ2n) is 4.25. The van der Waals surface area contributed by atoms with Gasteiger partial charge in [-0.2, -0.15) is 18.4 Å². The summed E-state index contributed by atoms with van der Waals surface area (Å²) in [5.41, 5.74) is 1.04. The second kappa shape index (κ2) is 6.24. The summed E-state index contributed by atoms with van der Waals surface area (Å²) in [5.74, 6) is -0.367. The minimum atomic E-state index is -3.76. The highest BCUT2D eigenvalue weighted by Gasteiger charge is 2.12. The van der Waals surface area contributed by atoms with Crippen LogP contribution in [0, 0.1) is 5.82 Å². The molecule has 21 heavy (non-hydrogen) atoms. The Labute approximate surface area is 127 Å². The average Bonchev–Trinajstić information content (AvgIpc) is 2.46. The molecular weight excluding hydrogens is 315 g/mol. The van der Waals surface area contributed by atoms with Gasteiger partial charge in [-0.05, 0) is 48.9 Å². The van der Waals surface area contributed by atoms with Crippen molar-refractivity contribution in [2.75, 3.05) is 0 Å². The van der Waals surface area contributed by atoms with Crippen molar-refractivity contribution in [3.8, 4) is 0 Å². The molecule has 7 heteroatoms. The molecule has 2 aromatic carbocycles. The highest BCUT2D eigenvalue weighted by molar-refractivity contribution is 7.89. The average molecular weight is 327 g/mol. The number of benzene rings is 2. The molecule has 0 amide bonds. The van der Waals surface area contributed by atoms with E-state index in [1.807, 2.05) is 0 Å². The Morgan fingerprint density at radius 1 is 1.10 bits per heavy atom. The van der Waals surface area contributed by atoms with Gasteiger partial charge in [0.15, 0.2) is 0 Å². The molecule has 0 saturated carbocycles. The van der Waals surface area contributed by atoms with Gasteiger partial charge in [-0.3, -0.25) is 0 Å². The maximum absolute atomic E-state index is 12.8. The molecule has 4 nitrogen and oxygen atoms in total. The Hall–Kier alpha value is -1.92. The summed E-state index contributed by atoms with van der Waals surface area (Å²) in [5, 5.41) is 4.26. The minimum Gasteiger partial charge on any atom is -0.207 e. The molecule has 0 bridgehead atoms. The number of hydrazone groups is 1. The maximum atomic E-state index is 12.8. The smallest absolute Gasteiger partial charge is 0.207 e. The molecular formula is C14H12ClFN2O2S. The number of nitrogens with zero attached hydrogens (tertiary/aromatic N) is 1. The molecule has 1 N–H and O–H groups in total. The van der Waals surface area contributed by atoms with Crippen LogP contribution < -0.4 is 4.83 Å². The zero-order valence-electron chi connectivity index (χ0n) is 11.0. The third kappa shape index (κ3) is 4.03. The lowest BCUT2D eigenvalue weighted by Crippen LogP contribution is -2.19. The fourth-order valence-corrected chi connectivity index (χ4v) is 2.53. The van der Waals surface area contributed by atoms with Crippen LogP contribution in [0.15, 0.2) is 58.5 Å². The highest BCUT2D eigenvalue weighted by atomic mass is 35.5. The zero-order chi connectivity index (χ0) is 15.5. The van der Waals surface area contributed by atoms with E-state index in [1.165, 1.54) is 48.5 Å². The maximum Gasteiger partial charge on any atom is 0.276 e. The molecule has 0 heterocycles. The Kier molecular flexibility index (Phi) is 4.59. The van der Waals surface area contributed by atoms with E-state index in [0.29, 0.717) is 16.3 Å². The first kappa shape index (κ1) is 15.5. The molecule has 0 aliphatic rings. The van der Waals surface area contributed by atoms with Crippen molar-refractivity contribution in [3.63, 3.8) is 0 Å². The number of hydrogen-bond donors (Lipinski definition) is 1. The van der Waals surface area contributed by atoms with Crippen LogP contribution in [-0.2, 0) is 10.0 Å². The Morgan fingerprint density at radius 2 is 1.67 bits per heavy atom. The largest absolute Gasteiger partial charge is 0.276 e. The van der Waals surface area contributed by atoms with Crippen molar-refractivity contribution >= 4 is 27.3 Å². The third-order valence-corrected chi connectivity index (χ3v) is 4.20. The van der Waals surface area contributed by atoms with E-state index in [4.69, 9.17) is 11.6 Å². The van der Waals surface area contributed by atoms with Crippen molar-refractivity contribution in [1.29, 1.82) is 0 Å². The van der Waals surface area contributed by atoms with Crippen LogP contribution in [0.1, 0.15) is 12.5 Å². The predicted octanol–water partition coefficient (Wildman–Crippen LogP) is 3.18. The van der Waals surface area contributed by atoms with Gasteiger partial charge in [-0.1, -0.05) is 23.7 Å². The van der Waals surface area contributed by atoms with Crippen LogP contribution in [-0.4, -0.2) is 14.1 Å². The van der Waals surface area contributed by atoms with Crippen LogP contribution in [0.4, 0.5) is 4.39 Å². The molecule has 2 rings (SSSR count). The molecule has 0 aromatic heterocycles. The van der Waals surface area contributed by atoms with Gasteiger partial charge in [-0.15, -0.1) is 0 Å².